The molecule has 1 atom stereocenters. The first-order valence-electron chi connectivity index (χ1n) is 6.15. The Labute approximate surface area is 120 Å². The van der Waals surface area contributed by atoms with Gasteiger partial charge < -0.3 is 4.90 Å². The Balaban J connectivity index is 1.87. The van der Waals surface area contributed by atoms with E-state index >= 15 is 0 Å². The predicted molar refractivity (Wildman–Crippen MR) is 76.7 cm³/mol. The summed E-state index contributed by atoms with van der Waals surface area (Å²) in [6.45, 7) is 2.84. The summed E-state index contributed by atoms with van der Waals surface area (Å²) in [5, 5.41) is 2.50. The predicted octanol–water partition coefficient (Wildman–Crippen LogP) is 3.56. The number of amides is 1. The Kier molecular flexibility index (Phi) is 3.29. The Morgan fingerprint density at radius 1 is 1.47 bits per heavy atom. The summed E-state index contributed by atoms with van der Waals surface area (Å²) >= 11 is 7.52. The second-order valence-electron chi connectivity index (χ2n) is 4.59. The minimum absolute atomic E-state index is 0.0218. The summed E-state index contributed by atoms with van der Waals surface area (Å²) in [7, 11) is 0. The van der Waals surface area contributed by atoms with Crippen LogP contribution in [0.4, 0.5) is 0 Å². The van der Waals surface area contributed by atoms with Crippen molar-refractivity contribution in [3.05, 3.63) is 50.9 Å². The molecule has 0 saturated heterocycles. The van der Waals surface area contributed by atoms with E-state index in [0.29, 0.717) is 10.7 Å². The molecule has 5 heteroatoms. The average molecular weight is 293 g/mol. The lowest BCUT2D eigenvalue weighted by atomic mass is 10.0. The van der Waals surface area contributed by atoms with Crippen molar-refractivity contribution in [1.82, 2.24) is 9.88 Å². The van der Waals surface area contributed by atoms with Crippen molar-refractivity contribution >= 4 is 28.8 Å². The largest absolute Gasteiger partial charge is 0.331 e. The summed E-state index contributed by atoms with van der Waals surface area (Å²) in [4.78, 5) is 19.8. The topological polar surface area (TPSA) is 33.2 Å². The highest BCUT2D eigenvalue weighted by atomic mass is 35.5. The van der Waals surface area contributed by atoms with Crippen LogP contribution in [0.5, 0.6) is 0 Å². The minimum Gasteiger partial charge on any atom is -0.331 e. The minimum atomic E-state index is 0.0218. The van der Waals surface area contributed by atoms with Crippen molar-refractivity contribution < 1.29 is 4.79 Å². The number of thiophene rings is 1. The lowest BCUT2D eigenvalue weighted by Crippen LogP contribution is -2.38. The van der Waals surface area contributed by atoms with Crippen LogP contribution >= 0.6 is 22.9 Å². The highest BCUT2D eigenvalue weighted by Gasteiger charge is 2.28. The molecule has 0 radical (unpaired) electrons. The molecule has 0 aromatic carbocycles. The highest BCUT2D eigenvalue weighted by Crippen LogP contribution is 2.33. The Morgan fingerprint density at radius 3 is 3.05 bits per heavy atom. The van der Waals surface area contributed by atoms with Gasteiger partial charge >= 0.3 is 0 Å². The van der Waals surface area contributed by atoms with E-state index < -0.39 is 0 Å². The summed E-state index contributed by atoms with van der Waals surface area (Å²) in [5.41, 5.74) is 1.86. The highest BCUT2D eigenvalue weighted by molar-refractivity contribution is 7.10. The van der Waals surface area contributed by atoms with Crippen LogP contribution in [0.15, 0.2) is 29.8 Å². The van der Waals surface area contributed by atoms with Gasteiger partial charge in [-0.15, -0.1) is 11.3 Å². The van der Waals surface area contributed by atoms with Crippen LogP contribution in [-0.2, 0) is 6.42 Å². The lowest BCUT2D eigenvalue weighted by Gasteiger charge is -2.33. The number of aromatic nitrogens is 1. The zero-order valence-electron chi connectivity index (χ0n) is 10.5. The molecule has 0 bridgehead atoms. The average Bonchev–Trinajstić information content (AvgIpc) is 2.88. The van der Waals surface area contributed by atoms with Gasteiger partial charge in [0.2, 0.25) is 0 Å². The van der Waals surface area contributed by atoms with Crippen LogP contribution in [-0.4, -0.2) is 22.3 Å². The van der Waals surface area contributed by atoms with Crippen LogP contribution < -0.4 is 0 Å². The maximum Gasteiger partial charge on any atom is 0.255 e. The van der Waals surface area contributed by atoms with Crippen LogP contribution in [0.25, 0.3) is 0 Å². The molecule has 1 aliphatic heterocycles. The smallest absolute Gasteiger partial charge is 0.255 e. The van der Waals surface area contributed by atoms with Gasteiger partial charge in [0.05, 0.1) is 11.6 Å². The first kappa shape index (κ1) is 12.6. The standard InChI is InChI=1S/C14H13ClN2OS/c1-9-11-5-7-19-12(11)4-6-17(9)14(18)10-2-3-13(15)16-8-10/h2-3,5,7-9H,4,6H2,1H3. The third-order valence-corrected chi connectivity index (χ3v) is 4.73. The molecule has 0 fully saturated rings. The number of halogens is 1. The second-order valence-corrected chi connectivity index (χ2v) is 5.98. The fraction of sp³-hybridized carbons (Fsp3) is 0.286. The molecule has 0 N–H and O–H groups in total. The Hall–Kier alpha value is -1.39. The molecule has 2 aromatic rings. The van der Waals surface area contributed by atoms with Crippen molar-refractivity contribution in [3.8, 4) is 0 Å². The third kappa shape index (κ3) is 2.26. The van der Waals surface area contributed by atoms with E-state index in [1.807, 2.05) is 4.90 Å². The van der Waals surface area contributed by atoms with Crippen molar-refractivity contribution in [2.45, 2.75) is 19.4 Å². The molecule has 19 heavy (non-hydrogen) atoms. The number of carbonyl (C=O) groups excluding carboxylic acids is 1. The Bertz CT molecular complexity index is 608. The monoisotopic (exact) mass is 292 g/mol. The number of fused-ring (bicyclic) bond motifs is 1. The number of hydrogen-bond donors (Lipinski definition) is 0. The molecule has 3 nitrogen and oxygen atoms in total. The van der Waals surface area contributed by atoms with Gasteiger partial charge in [-0.1, -0.05) is 11.6 Å². The second kappa shape index (κ2) is 4.94. The molecule has 0 saturated carbocycles. The van der Waals surface area contributed by atoms with E-state index in [4.69, 9.17) is 11.6 Å². The first-order chi connectivity index (χ1) is 9.16. The Morgan fingerprint density at radius 2 is 2.32 bits per heavy atom. The zero-order chi connectivity index (χ0) is 13.4. The normalized spacial score (nSPS) is 18.2. The first-order valence-corrected chi connectivity index (χ1v) is 7.41. The van der Waals surface area contributed by atoms with Crippen LogP contribution in [0.1, 0.15) is 33.8 Å². The fourth-order valence-corrected chi connectivity index (χ4v) is 3.53. The molecule has 1 aliphatic rings. The molecule has 2 aromatic heterocycles. The van der Waals surface area contributed by atoms with Gasteiger partial charge in [-0.25, -0.2) is 4.98 Å². The van der Waals surface area contributed by atoms with Crippen molar-refractivity contribution in [2.24, 2.45) is 0 Å². The molecule has 3 heterocycles. The summed E-state index contributed by atoms with van der Waals surface area (Å²) in [6, 6.07) is 5.62. The van der Waals surface area contributed by atoms with Crippen molar-refractivity contribution in [2.75, 3.05) is 6.54 Å². The molecule has 0 aliphatic carbocycles. The molecular formula is C14H13ClN2OS. The van der Waals surface area contributed by atoms with Gasteiger partial charge in [-0.2, -0.15) is 0 Å². The van der Waals surface area contributed by atoms with E-state index in [0.717, 1.165) is 13.0 Å². The molecule has 0 spiro atoms. The number of hydrogen-bond acceptors (Lipinski definition) is 3. The molecular weight excluding hydrogens is 280 g/mol. The lowest BCUT2D eigenvalue weighted by molar-refractivity contribution is 0.0679. The van der Waals surface area contributed by atoms with E-state index in [1.54, 1.807) is 29.7 Å². The fourth-order valence-electron chi connectivity index (χ4n) is 2.46. The van der Waals surface area contributed by atoms with Gasteiger partial charge in [0, 0.05) is 17.6 Å². The summed E-state index contributed by atoms with van der Waals surface area (Å²) < 4.78 is 0. The van der Waals surface area contributed by atoms with Gasteiger partial charge in [0.15, 0.2) is 0 Å². The van der Waals surface area contributed by atoms with E-state index in [1.165, 1.54) is 10.4 Å². The van der Waals surface area contributed by atoms with E-state index in [-0.39, 0.29) is 11.9 Å². The van der Waals surface area contributed by atoms with Gasteiger partial charge in [-0.05, 0) is 42.5 Å². The maximum absolute atomic E-state index is 12.5. The maximum atomic E-state index is 12.5. The molecule has 3 rings (SSSR count). The van der Waals surface area contributed by atoms with E-state index in [2.05, 4.69) is 23.4 Å². The van der Waals surface area contributed by atoms with E-state index in [9.17, 15) is 4.79 Å². The van der Waals surface area contributed by atoms with Crippen LogP contribution in [0, 0.1) is 0 Å². The molecule has 1 amide bonds. The number of nitrogens with zero attached hydrogens (tertiary/aromatic N) is 2. The quantitative estimate of drug-likeness (QED) is 0.753. The van der Waals surface area contributed by atoms with Gasteiger partial charge in [0.25, 0.3) is 5.91 Å². The van der Waals surface area contributed by atoms with Gasteiger partial charge in [0.1, 0.15) is 5.15 Å². The van der Waals surface area contributed by atoms with Crippen molar-refractivity contribution in [3.63, 3.8) is 0 Å². The van der Waals surface area contributed by atoms with Crippen LogP contribution in [0.2, 0.25) is 5.15 Å². The molecule has 1 unspecified atom stereocenters. The number of carbonyl (C=O) groups is 1. The number of rotatable bonds is 1. The van der Waals surface area contributed by atoms with Gasteiger partial charge in [-0.3, -0.25) is 4.79 Å². The SMILES string of the molecule is CC1c2ccsc2CCN1C(=O)c1ccc(Cl)nc1. The molecule has 98 valence electrons. The van der Waals surface area contributed by atoms with Crippen molar-refractivity contribution in [1.29, 1.82) is 0 Å². The number of pyridine rings is 1. The third-order valence-electron chi connectivity index (χ3n) is 3.51. The zero-order valence-corrected chi connectivity index (χ0v) is 12.0. The summed E-state index contributed by atoms with van der Waals surface area (Å²) in [5.74, 6) is 0.0218. The van der Waals surface area contributed by atoms with Crippen LogP contribution in [0.3, 0.4) is 0 Å². The summed E-state index contributed by atoms with van der Waals surface area (Å²) in [6.07, 6.45) is 2.48.